The summed E-state index contributed by atoms with van der Waals surface area (Å²) in [5.41, 5.74) is 1.66. The fourth-order valence-corrected chi connectivity index (χ4v) is 4.40. The first-order valence-corrected chi connectivity index (χ1v) is 10.1. The van der Waals surface area contributed by atoms with Crippen LogP contribution in [0.3, 0.4) is 0 Å². The molecule has 0 saturated carbocycles. The molecule has 2 atom stereocenters. The van der Waals surface area contributed by atoms with Crippen LogP contribution in [0, 0.1) is 0 Å². The maximum absolute atomic E-state index is 12.8. The number of hydrogen-bond acceptors (Lipinski definition) is 6. The van der Waals surface area contributed by atoms with Crippen LogP contribution in [0.15, 0.2) is 47.7 Å². The zero-order chi connectivity index (χ0) is 20.1. The highest BCUT2D eigenvalue weighted by Gasteiger charge is 2.53. The lowest BCUT2D eigenvalue weighted by Gasteiger charge is -2.49. The number of carbonyl (C=O) groups is 3. The number of rotatable bonds is 8. The van der Waals surface area contributed by atoms with E-state index in [-0.39, 0.29) is 29.5 Å². The first kappa shape index (κ1) is 20.3. The Labute approximate surface area is 171 Å². The number of allylic oxidation sites excluding steroid dienone is 2. The van der Waals surface area contributed by atoms with Gasteiger partial charge in [-0.15, -0.1) is 23.4 Å². The van der Waals surface area contributed by atoms with Gasteiger partial charge < -0.3 is 14.8 Å². The summed E-state index contributed by atoms with van der Waals surface area (Å²) in [6.07, 6.45) is 3.93. The Morgan fingerprint density at radius 1 is 1.39 bits per heavy atom. The van der Waals surface area contributed by atoms with Crippen LogP contribution in [0.25, 0.3) is 0 Å². The van der Waals surface area contributed by atoms with Gasteiger partial charge in [0.1, 0.15) is 29.5 Å². The van der Waals surface area contributed by atoms with E-state index in [9.17, 15) is 14.4 Å². The van der Waals surface area contributed by atoms with Crippen LogP contribution >= 0.6 is 23.4 Å². The van der Waals surface area contributed by atoms with Crippen molar-refractivity contribution < 1.29 is 23.9 Å². The lowest BCUT2D eigenvalue weighted by Crippen LogP contribution is -2.69. The van der Waals surface area contributed by atoms with Gasteiger partial charge in [0.05, 0.1) is 7.11 Å². The number of hydrogen-bond donors (Lipinski definition) is 1. The number of alkyl halides is 1. The van der Waals surface area contributed by atoms with Gasteiger partial charge in [0, 0.05) is 11.6 Å². The molecular formula is C19H19ClN2O5S. The first-order chi connectivity index (χ1) is 13.6. The predicted octanol–water partition coefficient (Wildman–Crippen LogP) is 1.82. The number of nitrogens with zero attached hydrogens (tertiary/aromatic N) is 1. The number of benzene rings is 1. The van der Waals surface area contributed by atoms with E-state index in [0.717, 1.165) is 5.56 Å². The minimum absolute atomic E-state index is 0.0642. The molecule has 1 aromatic rings. The molecule has 0 aliphatic carbocycles. The van der Waals surface area contributed by atoms with E-state index in [4.69, 9.17) is 21.1 Å². The van der Waals surface area contributed by atoms with Crippen LogP contribution in [0.4, 0.5) is 0 Å². The summed E-state index contributed by atoms with van der Waals surface area (Å²) in [5, 5.41) is 2.17. The highest BCUT2D eigenvalue weighted by molar-refractivity contribution is 8.00. The quantitative estimate of drug-likeness (QED) is 0.298. The number of methoxy groups -OCH3 is 1. The Balaban J connectivity index is 1.78. The van der Waals surface area contributed by atoms with E-state index in [1.165, 1.54) is 16.7 Å². The number of thioether (sulfide) groups is 1. The van der Waals surface area contributed by atoms with E-state index in [2.05, 4.69) is 5.32 Å². The highest BCUT2D eigenvalue weighted by Crippen LogP contribution is 2.40. The van der Waals surface area contributed by atoms with Gasteiger partial charge in [-0.25, -0.2) is 4.79 Å². The Kier molecular flexibility index (Phi) is 6.64. The second-order valence-corrected chi connectivity index (χ2v) is 7.44. The number of ether oxygens (including phenoxy) is 2. The Hall–Kier alpha value is -2.45. The molecule has 0 bridgehead atoms. The van der Waals surface area contributed by atoms with E-state index >= 15 is 0 Å². The topological polar surface area (TPSA) is 84.9 Å². The van der Waals surface area contributed by atoms with Crippen LogP contribution < -0.4 is 10.1 Å². The summed E-state index contributed by atoms with van der Waals surface area (Å²) in [6.45, 7) is 0.0642. The average molecular weight is 423 g/mol. The van der Waals surface area contributed by atoms with Crippen molar-refractivity contribution in [2.24, 2.45) is 0 Å². The van der Waals surface area contributed by atoms with E-state index in [0.29, 0.717) is 23.5 Å². The van der Waals surface area contributed by atoms with Crippen molar-refractivity contribution in [2.75, 3.05) is 18.7 Å². The third-order valence-corrected chi connectivity index (χ3v) is 5.86. The zero-order valence-corrected chi connectivity index (χ0v) is 16.7. The third-order valence-electron chi connectivity index (χ3n) is 4.38. The minimum atomic E-state index is -0.634. The lowest BCUT2D eigenvalue weighted by atomic mass is 10.0. The summed E-state index contributed by atoms with van der Waals surface area (Å²) in [5.74, 6) is 0.574. The summed E-state index contributed by atoms with van der Waals surface area (Å²) in [7, 11) is 1.58. The van der Waals surface area contributed by atoms with Crippen LogP contribution in [0.5, 0.6) is 5.75 Å². The molecule has 1 saturated heterocycles. The van der Waals surface area contributed by atoms with Crippen molar-refractivity contribution in [3.63, 3.8) is 0 Å². The molecule has 1 N–H and O–H groups in total. The smallest absolute Gasteiger partial charge is 0.355 e. The SMILES string of the molecule is COc1ccc(COC(=O)C2=C(C=CCCl)CS[C@H]3[C@H](NC=O)C(=O)N23)cc1. The first-order valence-electron chi connectivity index (χ1n) is 8.50. The molecule has 2 heterocycles. The average Bonchev–Trinajstić information content (AvgIpc) is 2.73. The van der Waals surface area contributed by atoms with Gasteiger partial charge in [0.15, 0.2) is 0 Å². The largest absolute Gasteiger partial charge is 0.497 e. The molecule has 2 aliphatic heterocycles. The van der Waals surface area contributed by atoms with Crippen molar-refractivity contribution in [1.82, 2.24) is 10.2 Å². The number of esters is 1. The molecule has 2 aliphatic rings. The molecule has 0 unspecified atom stereocenters. The molecule has 0 aromatic heterocycles. The Morgan fingerprint density at radius 2 is 2.14 bits per heavy atom. The molecular weight excluding hydrogens is 404 g/mol. The highest BCUT2D eigenvalue weighted by atomic mass is 35.5. The van der Waals surface area contributed by atoms with Gasteiger partial charge in [-0.3, -0.25) is 14.5 Å². The van der Waals surface area contributed by atoms with Gasteiger partial charge in [-0.05, 0) is 23.3 Å². The van der Waals surface area contributed by atoms with Crippen molar-refractivity contribution in [3.8, 4) is 5.75 Å². The summed E-state index contributed by atoms with van der Waals surface area (Å²) >= 11 is 7.19. The number of halogens is 1. The van der Waals surface area contributed by atoms with Gasteiger partial charge >= 0.3 is 5.97 Å². The molecule has 1 fully saturated rings. The number of carbonyl (C=O) groups excluding carboxylic acids is 3. The van der Waals surface area contributed by atoms with E-state index in [1.807, 2.05) is 0 Å². The summed E-state index contributed by atoms with van der Waals surface area (Å²) < 4.78 is 10.6. The Bertz CT molecular complexity index is 824. The fourth-order valence-electron chi connectivity index (χ4n) is 2.98. The van der Waals surface area contributed by atoms with Crippen LogP contribution in [-0.4, -0.2) is 53.3 Å². The van der Waals surface area contributed by atoms with Crippen molar-refractivity contribution in [2.45, 2.75) is 18.0 Å². The van der Waals surface area contributed by atoms with E-state index in [1.54, 1.807) is 43.5 Å². The van der Waals surface area contributed by atoms with Crippen molar-refractivity contribution >= 4 is 41.6 Å². The fraction of sp³-hybridized carbons (Fsp3) is 0.316. The summed E-state index contributed by atoms with van der Waals surface area (Å²) in [6, 6.07) is 6.52. The maximum Gasteiger partial charge on any atom is 0.355 e. The third kappa shape index (κ3) is 4.02. The number of nitrogens with one attached hydrogen (secondary N) is 1. The van der Waals surface area contributed by atoms with Gasteiger partial charge in [-0.2, -0.15) is 0 Å². The second kappa shape index (κ2) is 9.16. The van der Waals surface area contributed by atoms with Crippen molar-refractivity contribution in [1.29, 1.82) is 0 Å². The van der Waals surface area contributed by atoms with Gasteiger partial charge in [0.2, 0.25) is 6.41 Å². The van der Waals surface area contributed by atoms with Crippen LogP contribution in [-0.2, 0) is 25.7 Å². The molecule has 148 valence electrons. The second-order valence-electron chi connectivity index (χ2n) is 6.03. The zero-order valence-electron chi connectivity index (χ0n) is 15.1. The molecule has 7 nitrogen and oxygen atoms in total. The van der Waals surface area contributed by atoms with Gasteiger partial charge in [0.25, 0.3) is 5.91 Å². The molecule has 1 aromatic carbocycles. The molecule has 2 amide bonds. The van der Waals surface area contributed by atoms with Gasteiger partial charge in [-0.1, -0.05) is 24.3 Å². The molecule has 0 spiro atoms. The molecule has 0 radical (unpaired) electrons. The maximum atomic E-state index is 12.8. The Morgan fingerprint density at radius 3 is 2.79 bits per heavy atom. The monoisotopic (exact) mass is 422 g/mol. The molecule has 28 heavy (non-hydrogen) atoms. The van der Waals surface area contributed by atoms with E-state index < -0.39 is 12.0 Å². The number of amides is 2. The lowest BCUT2D eigenvalue weighted by molar-refractivity contribution is -0.152. The van der Waals surface area contributed by atoms with Crippen LogP contribution in [0.1, 0.15) is 5.56 Å². The number of β-lactam (4-membered cyclic amide) rings is 1. The summed E-state index contributed by atoms with van der Waals surface area (Å²) in [4.78, 5) is 37.4. The molecule has 3 rings (SSSR count). The number of fused-ring (bicyclic) bond motifs is 1. The normalized spacial score (nSPS) is 21.2. The van der Waals surface area contributed by atoms with Crippen LogP contribution in [0.2, 0.25) is 0 Å². The predicted molar refractivity (Wildman–Crippen MR) is 106 cm³/mol. The molecule has 9 heteroatoms. The van der Waals surface area contributed by atoms with Crippen molar-refractivity contribution in [3.05, 3.63) is 53.3 Å². The minimum Gasteiger partial charge on any atom is -0.497 e. The standard InChI is InChI=1S/C19H19ClN2O5S/c1-26-14-6-4-12(5-7-14)9-27-19(25)16-13(3-2-8-20)10-28-18-15(21-11-23)17(24)22(16)18/h2-7,11,15,18H,8-10H2,1H3,(H,21,23)/t15-,18+/m1/s1.